The van der Waals surface area contributed by atoms with Crippen molar-refractivity contribution in [2.45, 2.75) is 6.42 Å². The predicted molar refractivity (Wildman–Crippen MR) is 60.1 cm³/mol. The number of benzene rings is 1. The minimum absolute atomic E-state index is 0.121. The zero-order valence-electron chi connectivity index (χ0n) is 8.93. The molecule has 0 aromatic heterocycles. The first kappa shape index (κ1) is 13.4. The van der Waals surface area contributed by atoms with Crippen LogP contribution in [0.4, 0.5) is 17.6 Å². The smallest absolute Gasteiger partial charge is 0.339 e. The highest BCUT2D eigenvalue weighted by Gasteiger charge is 2.32. The number of nitrogens with zero attached hydrogens (tertiary/aromatic N) is 1. The van der Waals surface area contributed by atoms with Crippen LogP contribution in [-0.2, 0) is 0 Å². The van der Waals surface area contributed by atoms with Gasteiger partial charge in [0.2, 0.25) is 0 Å². The molecule has 0 fully saturated rings. The summed E-state index contributed by atoms with van der Waals surface area (Å²) in [5, 5.41) is 12.3. The van der Waals surface area contributed by atoms with Gasteiger partial charge < -0.3 is 5.11 Å². The molecule has 1 aromatic rings. The highest BCUT2D eigenvalue weighted by atomic mass is 32.1. The summed E-state index contributed by atoms with van der Waals surface area (Å²) in [4.78, 5) is 11.0. The highest BCUT2D eigenvalue weighted by molar-refractivity contribution is 7.80. The third kappa shape index (κ3) is 2.05. The lowest BCUT2D eigenvalue weighted by molar-refractivity contribution is 0.0689. The fourth-order valence-electron chi connectivity index (χ4n) is 1.61. The van der Waals surface area contributed by atoms with Crippen LogP contribution in [0.25, 0.3) is 0 Å². The van der Waals surface area contributed by atoms with Crippen LogP contribution in [0, 0.1) is 23.3 Å². The second kappa shape index (κ2) is 4.57. The van der Waals surface area contributed by atoms with E-state index in [1.165, 1.54) is 0 Å². The summed E-state index contributed by atoms with van der Waals surface area (Å²) < 4.78 is 53.3. The molecule has 1 aliphatic rings. The lowest BCUT2D eigenvalue weighted by Crippen LogP contribution is -2.17. The van der Waals surface area contributed by atoms with Crippen molar-refractivity contribution >= 4 is 28.9 Å². The number of carbonyl (C=O) groups is 1. The van der Waals surface area contributed by atoms with Gasteiger partial charge in [-0.1, -0.05) is 12.2 Å². The van der Waals surface area contributed by atoms with Crippen LogP contribution < -0.4 is 5.43 Å². The number of rotatable bonds is 2. The quantitative estimate of drug-likeness (QED) is 0.378. The van der Waals surface area contributed by atoms with Crippen LogP contribution in [0.3, 0.4) is 0 Å². The molecule has 0 amide bonds. The summed E-state index contributed by atoms with van der Waals surface area (Å²) in [7, 11) is 0. The van der Waals surface area contributed by atoms with Crippen molar-refractivity contribution in [2.24, 2.45) is 5.10 Å². The second-order valence-corrected chi connectivity index (χ2v) is 4.07. The van der Waals surface area contributed by atoms with Crippen LogP contribution in [-0.4, -0.2) is 21.8 Å². The molecule has 1 heterocycles. The number of nitrogens with one attached hydrogen (secondary N) is 1. The van der Waals surface area contributed by atoms with Crippen molar-refractivity contribution in [1.29, 1.82) is 0 Å². The molecule has 1 aromatic carbocycles. The van der Waals surface area contributed by atoms with Gasteiger partial charge in [0, 0.05) is 6.42 Å². The topological polar surface area (TPSA) is 61.7 Å². The molecule has 2 N–H and O–H groups in total. The van der Waals surface area contributed by atoms with Gasteiger partial charge in [0.05, 0.1) is 11.3 Å². The van der Waals surface area contributed by atoms with E-state index < -0.39 is 40.4 Å². The Kier molecular flexibility index (Phi) is 3.23. The molecule has 0 unspecified atom stereocenters. The zero-order valence-corrected chi connectivity index (χ0v) is 9.75. The first-order valence-corrected chi connectivity index (χ1v) is 5.20. The van der Waals surface area contributed by atoms with E-state index in [2.05, 4.69) is 22.7 Å². The van der Waals surface area contributed by atoms with E-state index in [1.807, 2.05) is 0 Å². The van der Waals surface area contributed by atoms with Gasteiger partial charge in [-0.2, -0.15) is 5.10 Å². The van der Waals surface area contributed by atoms with Gasteiger partial charge in [-0.15, -0.1) is 0 Å². The summed E-state index contributed by atoms with van der Waals surface area (Å²) in [5.74, 6) is -10.0. The Bertz CT molecular complexity index is 645. The first-order chi connectivity index (χ1) is 8.84. The van der Waals surface area contributed by atoms with E-state index in [1.54, 1.807) is 0 Å². The summed E-state index contributed by atoms with van der Waals surface area (Å²) in [5.41, 5.74) is -0.337. The Morgan fingerprint density at radius 2 is 1.74 bits per heavy atom. The van der Waals surface area contributed by atoms with Gasteiger partial charge in [-0.05, 0) is 0 Å². The Balaban J connectivity index is 2.78. The average Bonchev–Trinajstić information content (AvgIpc) is 2.76. The minimum Gasteiger partial charge on any atom is -0.478 e. The summed E-state index contributed by atoms with van der Waals surface area (Å²) in [6.45, 7) is 0. The van der Waals surface area contributed by atoms with Crippen molar-refractivity contribution in [3.63, 3.8) is 0 Å². The molecular formula is C10H4F4N2O2S. The van der Waals surface area contributed by atoms with Crippen LogP contribution in [0.5, 0.6) is 0 Å². The van der Waals surface area contributed by atoms with Gasteiger partial charge in [0.1, 0.15) is 10.6 Å². The molecular weight excluding hydrogens is 288 g/mol. The largest absolute Gasteiger partial charge is 0.478 e. The number of thiocarbonyl (C=S) groups is 1. The highest BCUT2D eigenvalue weighted by Crippen LogP contribution is 2.26. The van der Waals surface area contributed by atoms with Gasteiger partial charge in [-0.3, -0.25) is 5.43 Å². The summed E-state index contributed by atoms with van der Waals surface area (Å²) in [6.07, 6.45) is -0.197. The SMILES string of the molecule is O=C(O)c1c(F)c(F)c(F)c(F)c1C1=NNC(=S)C1. The van der Waals surface area contributed by atoms with Crippen molar-refractivity contribution in [1.82, 2.24) is 5.43 Å². The first-order valence-electron chi connectivity index (χ1n) is 4.79. The maximum absolute atomic E-state index is 13.6. The predicted octanol–water partition coefficient (Wildman–Crippen LogP) is 1.97. The number of carboxylic acid groups (broad SMARTS) is 1. The third-order valence-corrected chi connectivity index (χ3v) is 2.65. The number of halogens is 4. The number of carboxylic acids is 1. The van der Waals surface area contributed by atoms with Crippen molar-refractivity contribution in [2.75, 3.05) is 0 Å². The molecule has 4 nitrogen and oxygen atoms in total. The minimum atomic E-state index is -2.19. The van der Waals surface area contributed by atoms with Gasteiger partial charge in [0.25, 0.3) is 0 Å². The van der Waals surface area contributed by atoms with Gasteiger partial charge >= 0.3 is 5.97 Å². The monoisotopic (exact) mass is 292 g/mol. The zero-order chi connectivity index (χ0) is 14.3. The number of hydrogen-bond acceptors (Lipinski definition) is 3. The van der Waals surface area contributed by atoms with Crippen molar-refractivity contribution in [3.05, 3.63) is 34.4 Å². The maximum Gasteiger partial charge on any atom is 0.339 e. The molecule has 100 valence electrons. The van der Waals surface area contributed by atoms with Gasteiger partial charge in [0.15, 0.2) is 23.3 Å². The molecule has 9 heteroatoms. The van der Waals surface area contributed by atoms with Crippen LogP contribution in [0.15, 0.2) is 5.10 Å². The second-order valence-electron chi connectivity index (χ2n) is 3.58. The lowest BCUT2D eigenvalue weighted by Gasteiger charge is -2.09. The lowest BCUT2D eigenvalue weighted by atomic mass is 9.99. The Morgan fingerprint density at radius 1 is 1.16 bits per heavy atom. The molecule has 0 saturated carbocycles. The number of aromatic carboxylic acids is 1. The van der Waals surface area contributed by atoms with E-state index in [-0.39, 0.29) is 17.1 Å². The van der Waals surface area contributed by atoms with E-state index in [0.29, 0.717) is 0 Å². The summed E-state index contributed by atoms with van der Waals surface area (Å²) in [6, 6.07) is 0. The molecule has 0 spiro atoms. The standard InChI is InChI=1S/C10H4F4N2O2S/c11-6-4(2-1-3(19)16-15-2)5(10(17)18)7(12)9(14)8(6)13/h1H2,(H,16,19)(H,17,18). The molecule has 0 saturated heterocycles. The Morgan fingerprint density at radius 3 is 2.21 bits per heavy atom. The number of hydrogen-bond donors (Lipinski definition) is 2. The fraction of sp³-hybridized carbons (Fsp3) is 0.100. The van der Waals surface area contributed by atoms with E-state index >= 15 is 0 Å². The molecule has 0 aliphatic carbocycles. The van der Waals surface area contributed by atoms with Crippen molar-refractivity contribution in [3.8, 4) is 0 Å². The van der Waals surface area contributed by atoms with E-state index in [9.17, 15) is 22.4 Å². The van der Waals surface area contributed by atoms with Crippen molar-refractivity contribution < 1.29 is 27.5 Å². The molecule has 0 radical (unpaired) electrons. The molecule has 0 bridgehead atoms. The Labute approximate surface area is 108 Å². The average molecular weight is 292 g/mol. The molecule has 0 atom stereocenters. The van der Waals surface area contributed by atoms with Crippen LogP contribution in [0.1, 0.15) is 22.3 Å². The Hall–Kier alpha value is -2.03. The molecule has 1 aliphatic heterocycles. The summed E-state index contributed by atoms with van der Waals surface area (Å²) >= 11 is 4.68. The normalized spacial score (nSPS) is 14.3. The maximum atomic E-state index is 13.6. The molecule has 2 rings (SSSR count). The van der Waals surface area contributed by atoms with Crippen LogP contribution in [0.2, 0.25) is 0 Å². The van der Waals surface area contributed by atoms with Gasteiger partial charge in [-0.25, -0.2) is 22.4 Å². The number of hydrazone groups is 1. The molecule has 19 heavy (non-hydrogen) atoms. The van der Waals surface area contributed by atoms with Crippen LogP contribution >= 0.6 is 12.2 Å². The van der Waals surface area contributed by atoms with E-state index in [4.69, 9.17) is 5.11 Å². The fourth-order valence-corrected chi connectivity index (χ4v) is 1.79. The third-order valence-electron chi connectivity index (χ3n) is 2.41. The van der Waals surface area contributed by atoms with E-state index in [0.717, 1.165) is 0 Å².